The van der Waals surface area contributed by atoms with E-state index in [4.69, 9.17) is 20.0 Å². The molecule has 0 fully saturated rings. The fraction of sp³-hybridized carbons (Fsp3) is 0. The number of nitrogens with zero attached hydrogens (tertiary/aromatic N) is 4. The second-order valence-electron chi connectivity index (χ2n) is 14.3. The van der Waals surface area contributed by atoms with Crippen molar-refractivity contribution in [3.05, 3.63) is 217 Å². The van der Waals surface area contributed by atoms with Gasteiger partial charge < -0.3 is 0 Å². The van der Waals surface area contributed by atoms with Gasteiger partial charge in [0, 0.05) is 21.9 Å². The lowest BCUT2D eigenvalue weighted by molar-refractivity contribution is 1.27. The molecule has 4 heteroatoms. The molecule has 0 saturated carbocycles. The van der Waals surface area contributed by atoms with Gasteiger partial charge >= 0.3 is 0 Å². The van der Waals surface area contributed by atoms with Gasteiger partial charge in [-0.25, -0.2) is 20.0 Å². The summed E-state index contributed by atoms with van der Waals surface area (Å²) in [6.45, 7) is 0. The minimum atomic E-state index is 0.728. The molecule has 0 unspecified atom stereocenters. The van der Waals surface area contributed by atoms with Crippen molar-refractivity contribution in [1.29, 1.82) is 0 Å². The standard InChI is InChI=1S/C52H32N4/c1-3-11-39-29-41(27-21-33(39)9-1)35-17-23-37(24-18-35)49-51-47(31-43-13-5-7-15-45(43)53-51)56-50(52-48(55-49)32-44-14-6-8-16-46(44)54-52)38-25-19-36(20-26-38)42-28-22-34-10-2-4-12-40(34)30-42/h1-32H/b51-49?,52-50?,55-48?,55-49-,56-47?,56-50-. The van der Waals surface area contributed by atoms with Crippen molar-refractivity contribution in [3.63, 3.8) is 0 Å². The molecule has 0 radical (unpaired) electrons. The molecule has 0 aliphatic carbocycles. The van der Waals surface area contributed by atoms with Crippen molar-refractivity contribution in [3.8, 4) is 22.3 Å². The van der Waals surface area contributed by atoms with E-state index in [0.29, 0.717) is 0 Å². The molecule has 11 rings (SSSR count). The lowest BCUT2D eigenvalue weighted by atomic mass is 9.96. The van der Waals surface area contributed by atoms with Crippen LogP contribution in [0.1, 0.15) is 22.5 Å². The summed E-state index contributed by atoms with van der Waals surface area (Å²) in [5, 5.41) is 6.92. The topological polar surface area (TPSA) is 50.5 Å². The highest BCUT2D eigenvalue weighted by atomic mass is 14.9. The summed E-state index contributed by atoms with van der Waals surface area (Å²) < 4.78 is 0. The maximum Gasteiger partial charge on any atom is 0.116 e. The molecule has 56 heavy (non-hydrogen) atoms. The van der Waals surface area contributed by atoms with Crippen molar-refractivity contribution in [2.45, 2.75) is 0 Å². The largest absolute Gasteiger partial charge is 0.244 e. The average Bonchev–Trinajstić information content (AvgIpc) is 3.26. The van der Waals surface area contributed by atoms with Gasteiger partial charge in [0.2, 0.25) is 0 Å². The Kier molecular flexibility index (Phi) is 7.46. The zero-order valence-electron chi connectivity index (χ0n) is 30.3. The van der Waals surface area contributed by atoms with Crippen LogP contribution in [-0.2, 0) is 0 Å². The van der Waals surface area contributed by atoms with Crippen LogP contribution in [0.5, 0.6) is 0 Å². The molecule has 0 spiro atoms. The van der Waals surface area contributed by atoms with Gasteiger partial charge in [0.15, 0.2) is 0 Å². The number of pyridine rings is 2. The zero-order chi connectivity index (χ0) is 37.0. The quantitative estimate of drug-likeness (QED) is 0.182. The fourth-order valence-electron chi connectivity index (χ4n) is 7.86. The Hall–Kier alpha value is -7.56. The van der Waals surface area contributed by atoms with E-state index in [1.54, 1.807) is 0 Å². The normalized spacial score (nSPS) is 14.4. The second kappa shape index (κ2) is 13.1. The van der Waals surface area contributed by atoms with E-state index < -0.39 is 0 Å². The van der Waals surface area contributed by atoms with Gasteiger partial charge in [-0.2, -0.15) is 0 Å². The molecule has 1 aliphatic heterocycles. The molecule has 2 aromatic heterocycles. The minimum absolute atomic E-state index is 0.728. The van der Waals surface area contributed by atoms with E-state index in [0.717, 1.165) is 78.2 Å². The predicted molar refractivity (Wildman–Crippen MR) is 233 cm³/mol. The SMILES string of the molecule is c1ccc2cc(-c3ccc(/C4=N/c5cc6ccccc6nc5/C(c5ccc(-c6ccc7ccccc7c6)cc5)=N\c5cc6ccccc6nc54)cc3)ccc2c1. The Balaban J connectivity index is 1.09. The molecule has 0 atom stereocenters. The van der Waals surface area contributed by atoms with Gasteiger partial charge in [0.25, 0.3) is 0 Å². The summed E-state index contributed by atoms with van der Waals surface area (Å²) in [5.74, 6) is 0. The van der Waals surface area contributed by atoms with E-state index in [1.165, 1.54) is 32.7 Å². The van der Waals surface area contributed by atoms with Gasteiger partial charge in [0.05, 0.1) is 33.8 Å². The molecular formula is C52H32N4. The summed E-state index contributed by atoms with van der Waals surface area (Å²) in [7, 11) is 0. The van der Waals surface area contributed by atoms with Gasteiger partial charge in [-0.05, 0) is 80.2 Å². The molecule has 0 N–H and O–H groups in total. The molecule has 1 aliphatic rings. The number of para-hydroxylation sites is 2. The van der Waals surface area contributed by atoms with Gasteiger partial charge in [-0.3, -0.25) is 0 Å². The minimum Gasteiger partial charge on any atom is -0.244 e. The third-order valence-electron chi connectivity index (χ3n) is 10.8. The Morgan fingerprint density at radius 2 is 0.589 bits per heavy atom. The highest BCUT2D eigenvalue weighted by Gasteiger charge is 2.24. The van der Waals surface area contributed by atoms with Crippen molar-refractivity contribution < 1.29 is 0 Å². The smallest absolute Gasteiger partial charge is 0.116 e. The summed E-state index contributed by atoms with van der Waals surface area (Å²) in [6.07, 6.45) is 0. The van der Waals surface area contributed by atoms with Crippen molar-refractivity contribution in [2.24, 2.45) is 9.98 Å². The predicted octanol–water partition coefficient (Wildman–Crippen LogP) is 13.1. The third kappa shape index (κ3) is 5.64. The molecule has 0 bridgehead atoms. The highest BCUT2D eigenvalue weighted by molar-refractivity contribution is 6.22. The van der Waals surface area contributed by atoms with Crippen LogP contribution in [0.3, 0.4) is 0 Å². The van der Waals surface area contributed by atoms with E-state index in [1.807, 2.05) is 36.4 Å². The van der Waals surface area contributed by atoms with E-state index in [9.17, 15) is 0 Å². The molecular weight excluding hydrogens is 681 g/mol. The Bertz CT molecular complexity index is 3010. The van der Waals surface area contributed by atoms with Crippen molar-refractivity contribution in [2.75, 3.05) is 0 Å². The molecule has 4 nitrogen and oxygen atoms in total. The molecule has 260 valence electrons. The van der Waals surface area contributed by atoms with Crippen LogP contribution in [0.4, 0.5) is 11.4 Å². The van der Waals surface area contributed by atoms with E-state index in [-0.39, 0.29) is 0 Å². The number of hydrogen-bond donors (Lipinski definition) is 0. The van der Waals surface area contributed by atoms with Crippen LogP contribution in [0.15, 0.2) is 204 Å². The number of fused-ring (bicyclic) bond motifs is 6. The summed E-state index contributed by atoms with van der Waals surface area (Å²) in [4.78, 5) is 21.5. The molecule has 8 aromatic carbocycles. The fourth-order valence-corrected chi connectivity index (χ4v) is 7.86. The van der Waals surface area contributed by atoms with Crippen LogP contribution < -0.4 is 0 Å². The number of benzene rings is 8. The monoisotopic (exact) mass is 712 g/mol. The first-order valence-electron chi connectivity index (χ1n) is 18.9. The maximum absolute atomic E-state index is 5.49. The molecule has 10 aromatic rings. The zero-order valence-corrected chi connectivity index (χ0v) is 30.3. The lowest BCUT2D eigenvalue weighted by Gasteiger charge is -2.18. The molecule has 0 saturated heterocycles. The van der Waals surface area contributed by atoms with Crippen molar-refractivity contribution in [1.82, 2.24) is 9.97 Å². The lowest BCUT2D eigenvalue weighted by Crippen LogP contribution is -2.13. The second-order valence-corrected chi connectivity index (χ2v) is 14.3. The highest BCUT2D eigenvalue weighted by Crippen LogP contribution is 2.36. The summed E-state index contributed by atoms with van der Waals surface area (Å²) in [6, 6.07) is 68.1. The van der Waals surface area contributed by atoms with Crippen LogP contribution in [0.2, 0.25) is 0 Å². The Labute approximate surface area is 323 Å². The number of rotatable bonds is 4. The van der Waals surface area contributed by atoms with E-state index >= 15 is 0 Å². The molecule has 3 heterocycles. The number of hydrogen-bond acceptors (Lipinski definition) is 4. The van der Waals surface area contributed by atoms with Crippen LogP contribution in [-0.4, -0.2) is 21.4 Å². The van der Waals surface area contributed by atoms with Crippen molar-refractivity contribution >= 4 is 66.1 Å². The Morgan fingerprint density at radius 1 is 0.250 bits per heavy atom. The van der Waals surface area contributed by atoms with Crippen LogP contribution in [0.25, 0.3) is 65.6 Å². The first kappa shape index (κ1) is 31.9. The summed E-state index contributed by atoms with van der Waals surface area (Å²) in [5.41, 5.74) is 12.8. The summed E-state index contributed by atoms with van der Waals surface area (Å²) >= 11 is 0. The molecule has 0 amide bonds. The van der Waals surface area contributed by atoms with Crippen LogP contribution in [0, 0.1) is 0 Å². The van der Waals surface area contributed by atoms with Gasteiger partial charge in [0.1, 0.15) is 11.4 Å². The average molecular weight is 713 g/mol. The Morgan fingerprint density at radius 3 is 1.02 bits per heavy atom. The van der Waals surface area contributed by atoms with Gasteiger partial charge in [-0.1, -0.05) is 158 Å². The van der Waals surface area contributed by atoms with Gasteiger partial charge in [-0.15, -0.1) is 0 Å². The maximum atomic E-state index is 5.49. The first-order chi connectivity index (χ1) is 27.7. The van der Waals surface area contributed by atoms with Crippen LogP contribution >= 0.6 is 0 Å². The number of aliphatic imine (C=N–C) groups is 2. The third-order valence-corrected chi connectivity index (χ3v) is 10.8. The van der Waals surface area contributed by atoms with E-state index in [2.05, 4.69) is 158 Å². The number of aromatic nitrogens is 2. The first-order valence-corrected chi connectivity index (χ1v) is 18.9.